The van der Waals surface area contributed by atoms with Gasteiger partial charge in [-0.25, -0.2) is 0 Å². The van der Waals surface area contributed by atoms with Gasteiger partial charge >= 0.3 is 0 Å². The minimum absolute atomic E-state index is 0. The molecule has 4 heteroatoms. The molecular formula is C23H31ClN2O. The van der Waals surface area contributed by atoms with Crippen LogP contribution in [0.3, 0.4) is 0 Å². The lowest BCUT2D eigenvalue weighted by Crippen LogP contribution is -2.38. The smallest absolute Gasteiger partial charge is 0.226 e. The molecule has 2 N–H and O–H groups in total. The van der Waals surface area contributed by atoms with E-state index >= 15 is 0 Å². The first-order valence-corrected chi connectivity index (χ1v) is 9.68. The fourth-order valence-corrected chi connectivity index (χ4v) is 4.08. The van der Waals surface area contributed by atoms with Crippen molar-refractivity contribution < 1.29 is 4.79 Å². The molecule has 1 fully saturated rings. The number of likely N-dealkylation sites (tertiary alicyclic amines) is 1. The number of nitrogens with two attached hydrogens (primary N) is 1. The average Bonchev–Trinajstić information content (AvgIpc) is 3.11. The Labute approximate surface area is 169 Å². The minimum atomic E-state index is 0. The van der Waals surface area contributed by atoms with Gasteiger partial charge in [0, 0.05) is 24.9 Å². The summed E-state index contributed by atoms with van der Waals surface area (Å²) < 4.78 is 0. The molecule has 0 radical (unpaired) electrons. The molecule has 0 aromatic heterocycles. The fourth-order valence-electron chi connectivity index (χ4n) is 4.08. The number of halogens is 1. The van der Waals surface area contributed by atoms with Crippen molar-refractivity contribution in [1.82, 2.24) is 4.90 Å². The zero-order chi connectivity index (χ0) is 18.5. The van der Waals surface area contributed by atoms with Crippen LogP contribution in [0.4, 0.5) is 0 Å². The number of nitrogens with zero attached hydrogens (tertiary/aromatic N) is 1. The number of rotatable bonds is 6. The first-order valence-electron chi connectivity index (χ1n) is 9.68. The van der Waals surface area contributed by atoms with Gasteiger partial charge in [-0.3, -0.25) is 4.79 Å². The predicted octanol–water partition coefficient (Wildman–Crippen LogP) is 4.12. The SMILES string of the molecule is CC(C)C(Cc1ccccc1)C(=O)N1C[C@@H](CN)[C@H](c2ccccc2)C1.Cl. The quantitative estimate of drug-likeness (QED) is 0.811. The van der Waals surface area contributed by atoms with E-state index in [1.807, 2.05) is 24.3 Å². The summed E-state index contributed by atoms with van der Waals surface area (Å²) in [5.74, 6) is 1.29. The second-order valence-electron chi connectivity index (χ2n) is 7.80. The van der Waals surface area contributed by atoms with Crippen molar-refractivity contribution in [2.75, 3.05) is 19.6 Å². The van der Waals surface area contributed by atoms with Crippen LogP contribution in [0.1, 0.15) is 30.9 Å². The van der Waals surface area contributed by atoms with E-state index in [9.17, 15) is 4.79 Å². The summed E-state index contributed by atoms with van der Waals surface area (Å²) in [6.07, 6.45) is 0.803. The molecule has 0 bridgehead atoms. The third-order valence-corrected chi connectivity index (χ3v) is 5.70. The number of carbonyl (C=O) groups excluding carboxylic acids is 1. The van der Waals surface area contributed by atoms with E-state index in [2.05, 4.69) is 55.1 Å². The summed E-state index contributed by atoms with van der Waals surface area (Å²) in [5.41, 5.74) is 8.57. The number of carbonyl (C=O) groups is 1. The molecule has 3 nitrogen and oxygen atoms in total. The minimum Gasteiger partial charge on any atom is -0.341 e. The van der Waals surface area contributed by atoms with Gasteiger partial charge in [0.1, 0.15) is 0 Å². The van der Waals surface area contributed by atoms with Crippen molar-refractivity contribution in [2.45, 2.75) is 26.2 Å². The lowest BCUT2D eigenvalue weighted by Gasteiger charge is -2.26. The predicted molar refractivity (Wildman–Crippen MR) is 114 cm³/mol. The molecule has 0 spiro atoms. The Morgan fingerprint density at radius 3 is 2.19 bits per heavy atom. The van der Waals surface area contributed by atoms with Crippen molar-refractivity contribution in [3.05, 3.63) is 71.8 Å². The van der Waals surface area contributed by atoms with Gasteiger partial charge in [-0.2, -0.15) is 0 Å². The number of amides is 1. The summed E-state index contributed by atoms with van der Waals surface area (Å²) in [7, 11) is 0. The van der Waals surface area contributed by atoms with Crippen LogP contribution in [0.25, 0.3) is 0 Å². The maximum absolute atomic E-state index is 13.3. The van der Waals surface area contributed by atoms with Gasteiger partial charge in [-0.15, -0.1) is 12.4 Å². The lowest BCUT2D eigenvalue weighted by atomic mass is 9.88. The third-order valence-electron chi connectivity index (χ3n) is 5.70. The van der Waals surface area contributed by atoms with Gasteiger partial charge in [0.25, 0.3) is 0 Å². The molecular weight excluding hydrogens is 356 g/mol. The van der Waals surface area contributed by atoms with E-state index in [-0.39, 0.29) is 24.2 Å². The molecule has 27 heavy (non-hydrogen) atoms. The molecule has 1 aliphatic heterocycles. The molecule has 0 saturated carbocycles. The summed E-state index contributed by atoms with van der Waals surface area (Å²) in [5, 5.41) is 0. The van der Waals surface area contributed by atoms with Gasteiger partial charge in [-0.1, -0.05) is 74.5 Å². The molecule has 2 aromatic carbocycles. The Balaban J connectivity index is 0.00000261. The van der Waals surface area contributed by atoms with Crippen LogP contribution in [0.15, 0.2) is 60.7 Å². The molecule has 1 amide bonds. The monoisotopic (exact) mass is 386 g/mol. The highest BCUT2D eigenvalue weighted by molar-refractivity contribution is 5.85. The topological polar surface area (TPSA) is 46.3 Å². The molecule has 3 atom stereocenters. The highest BCUT2D eigenvalue weighted by Gasteiger charge is 2.38. The third kappa shape index (κ3) is 5.12. The molecule has 2 aromatic rings. The molecule has 3 rings (SSSR count). The van der Waals surface area contributed by atoms with Crippen LogP contribution in [0, 0.1) is 17.8 Å². The fraction of sp³-hybridized carbons (Fsp3) is 0.435. The van der Waals surface area contributed by atoms with E-state index < -0.39 is 0 Å². The number of hydrogen-bond acceptors (Lipinski definition) is 2. The molecule has 146 valence electrons. The summed E-state index contributed by atoms with van der Waals surface area (Å²) >= 11 is 0. The number of benzene rings is 2. The second-order valence-corrected chi connectivity index (χ2v) is 7.80. The van der Waals surface area contributed by atoms with Crippen LogP contribution >= 0.6 is 12.4 Å². The summed E-state index contributed by atoms with van der Waals surface area (Å²) in [6.45, 7) is 6.47. The van der Waals surface area contributed by atoms with Crippen molar-refractivity contribution in [3.8, 4) is 0 Å². The highest BCUT2D eigenvalue weighted by Crippen LogP contribution is 2.34. The average molecular weight is 387 g/mol. The van der Waals surface area contributed by atoms with Gasteiger partial charge in [0.05, 0.1) is 0 Å². The largest absolute Gasteiger partial charge is 0.341 e. The zero-order valence-electron chi connectivity index (χ0n) is 16.3. The molecule has 1 aliphatic rings. The Bertz CT molecular complexity index is 705. The van der Waals surface area contributed by atoms with E-state index in [0.29, 0.717) is 24.3 Å². The molecule has 1 saturated heterocycles. The van der Waals surface area contributed by atoms with E-state index in [1.165, 1.54) is 11.1 Å². The summed E-state index contributed by atoms with van der Waals surface area (Å²) in [4.78, 5) is 15.4. The van der Waals surface area contributed by atoms with Crippen molar-refractivity contribution >= 4 is 18.3 Å². The van der Waals surface area contributed by atoms with Gasteiger partial charge in [-0.05, 0) is 35.9 Å². The van der Waals surface area contributed by atoms with E-state index in [0.717, 1.165) is 19.5 Å². The maximum Gasteiger partial charge on any atom is 0.226 e. The standard InChI is InChI=1S/C23H30N2O.ClH/c1-17(2)21(13-18-9-5-3-6-10-18)23(26)25-15-20(14-24)22(16-25)19-11-7-4-8-12-19;/h3-12,17,20-22H,13-16,24H2,1-2H3;1H/t20-,21?,22+;/m1./s1. The van der Waals surface area contributed by atoms with Crippen LogP contribution < -0.4 is 5.73 Å². The van der Waals surface area contributed by atoms with Crippen molar-refractivity contribution in [1.29, 1.82) is 0 Å². The number of hydrogen-bond donors (Lipinski definition) is 1. The van der Waals surface area contributed by atoms with Crippen molar-refractivity contribution in [2.24, 2.45) is 23.5 Å². The Morgan fingerprint density at radius 1 is 1.04 bits per heavy atom. The maximum atomic E-state index is 13.3. The van der Waals surface area contributed by atoms with Crippen LogP contribution in [-0.4, -0.2) is 30.4 Å². The van der Waals surface area contributed by atoms with E-state index in [4.69, 9.17) is 5.73 Å². The zero-order valence-corrected chi connectivity index (χ0v) is 17.1. The van der Waals surface area contributed by atoms with Gasteiger partial charge in [0.15, 0.2) is 0 Å². The Morgan fingerprint density at radius 2 is 1.63 bits per heavy atom. The summed E-state index contributed by atoms with van der Waals surface area (Å²) in [6, 6.07) is 20.8. The van der Waals surface area contributed by atoms with Crippen molar-refractivity contribution in [3.63, 3.8) is 0 Å². The van der Waals surface area contributed by atoms with Crippen LogP contribution in [-0.2, 0) is 11.2 Å². The second kappa shape index (κ2) is 9.91. The molecule has 1 heterocycles. The van der Waals surface area contributed by atoms with Crippen LogP contribution in [0.5, 0.6) is 0 Å². The highest BCUT2D eigenvalue weighted by atomic mass is 35.5. The van der Waals surface area contributed by atoms with Gasteiger partial charge < -0.3 is 10.6 Å². The lowest BCUT2D eigenvalue weighted by molar-refractivity contribution is -0.136. The normalized spacial score (nSPS) is 20.4. The van der Waals surface area contributed by atoms with Crippen LogP contribution in [0.2, 0.25) is 0 Å². The first kappa shape index (κ1) is 21.5. The Hall–Kier alpha value is -1.84. The molecule has 0 aliphatic carbocycles. The first-order chi connectivity index (χ1) is 12.6. The van der Waals surface area contributed by atoms with E-state index in [1.54, 1.807) is 0 Å². The Kier molecular flexibility index (Phi) is 7.88. The molecule has 1 unspecified atom stereocenters. The van der Waals surface area contributed by atoms with Gasteiger partial charge in [0.2, 0.25) is 5.91 Å².